The lowest BCUT2D eigenvalue weighted by atomic mass is 9.87. The van der Waals surface area contributed by atoms with Gasteiger partial charge >= 0.3 is 0 Å². The Balaban J connectivity index is 0.00000288. The van der Waals surface area contributed by atoms with Crippen LogP contribution in [0.5, 0.6) is 0 Å². The average molecular weight is 375 g/mol. The van der Waals surface area contributed by atoms with Crippen LogP contribution < -0.4 is 5.73 Å². The highest BCUT2D eigenvalue weighted by Crippen LogP contribution is 2.31. The molecule has 2 atom stereocenters. The Bertz CT molecular complexity index is 514. The van der Waals surface area contributed by atoms with Crippen molar-refractivity contribution in [3.8, 4) is 0 Å². The van der Waals surface area contributed by atoms with Crippen molar-refractivity contribution < 1.29 is 9.90 Å². The largest absolute Gasteiger partial charge is 0.388 e. The van der Waals surface area contributed by atoms with Crippen LogP contribution in [0, 0.1) is 11.8 Å². The van der Waals surface area contributed by atoms with Gasteiger partial charge in [-0.3, -0.25) is 4.79 Å². The van der Waals surface area contributed by atoms with Gasteiger partial charge in [-0.15, -0.1) is 12.4 Å². The number of carbonyl (C=O) groups is 1. The normalized spacial score (nSPS) is 18.2. The molecule has 1 aromatic carbocycles. The third-order valence-corrected chi connectivity index (χ3v) is 4.80. The fourth-order valence-electron chi connectivity index (χ4n) is 3.21. The number of carbonyl (C=O) groups excluding carboxylic acids is 1. The van der Waals surface area contributed by atoms with Gasteiger partial charge < -0.3 is 15.7 Å². The second kappa shape index (κ2) is 9.62. The van der Waals surface area contributed by atoms with Gasteiger partial charge in [-0.25, -0.2) is 0 Å². The number of likely N-dealkylation sites (tertiary alicyclic amines) is 1. The van der Waals surface area contributed by atoms with Gasteiger partial charge in [0.25, 0.3) is 0 Å². The molecule has 1 aliphatic heterocycles. The number of rotatable bonds is 5. The van der Waals surface area contributed by atoms with Gasteiger partial charge in [0.15, 0.2) is 0 Å². The summed E-state index contributed by atoms with van der Waals surface area (Å²) >= 11 is 5.88. The summed E-state index contributed by atoms with van der Waals surface area (Å²) < 4.78 is 0. The van der Waals surface area contributed by atoms with Crippen LogP contribution in [-0.4, -0.2) is 35.0 Å². The molecule has 1 saturated heterocycles. The molecular weight excluding hydrogens is 347 g/mol. The van der Waals surface area contributed by atoms with E-state index in [9.17, 15) is 9.90 Å². The summed E-state index contributed by atoms with van der Waals surface area (Å²) in [6.45, 7) is 5.48. The molecule has 0 aliphatic carbocycles. The number of amides is 1. The Labute approximate surface area is 155 Å². The van der Waals surface area contributed by atoms with E-state index in [0.717, 1.165) is 18.4 Å². The lowest BCUT2D eigenvalue weighted by Gasteiger charge is -2.35. The van der Waals surface area contributed by atoms with E-state index < -0.39 is 12.1 Å². The minimum absolute atomic E-state index is 0. The highest BCUT2D eigenvalue weighted by molar-refractivity contribution is 6.30. The molecule has 0 aromatic heterocycles. The first-order valence-electron chi connectivity index (χ1n) is 8.36. The van der Waals surface area contributed by atoms with Crippen molar-refractivity contribution in [1.29, 1.82) is 0 Å². The molecule has 136 valence electrons. The quantitative estimate of drug-likeness (QED) is 0.829. The van der Waals surface area contributed by atoms with Gasteiger partial charge in [-0.05, 0) is 48.8 Å². The second-order valence-electron chi connectivity index (χ2n) is 6.90. The van der Waals surface area contributed by atoms with Crippen molar-refractivity contribution in [2.45, 2.75) is 45.3 Å². The molecule has 2 unspecified atom stereocenters. The molecule has 0 radical (unpaired) electrons. The van der Waals surface area contributed by atoms with Crippen LogP contribution in [0.4, 0.5) is 0 Å². The number of benzene rings is 1. The Morgan fingerprint density at radius 3 is 2.33 bits per heavy atom. The molecular formula is C18H28Cl2N2O2. The van der Waals surface area contributed by atoms with Crippen LogP contribution in [0.15, 0.2) is 24.3 Å². The minimum Gasteiger partial charge on any atom is -0.388 e. The summed E-state index contributed by atoms with van der Waals surface area (Å²) in [6, 6.07) is 6.91. The van der Waals surface area contributed by atoms with Crippen LogP contribution in [0.2, 0.25) is 5.02 Å². The van der Waals surface area contributed by atoms with Crippen molar-refractivity contribution in [1.82, 2.24) is 4.90 Å². The van der Waals surface area contributed by atoms with Gasteiger partial charge in [0.2, 0.25) is 5.91 Å². The van der Waals surface area contributed by atoms with Gasteiger partial charge in [-0.2, -0.15) is 0 Å². The monoisotopic (exact) mass is 374 g/mol. The molecule has 0 spiro atoms. The van der Waals surface area contributed by atoms with E-state index in [1.165, 1.54) is 0 Å². The molecule has 24 heavy (non-hydrogen) atoms. The number of halogens is 2. The van der Waals surface area contributed by atoms with Crippen LogP contribution in [0.3, 0.4) is 0 Å². The van der Waals surface area contributed by atoms with Crippen LogP contribution in [-0.2, 0) is 4.79 Å². The van der Waals surface area contributed by atoms with Gasteiger partial charge in [0.05, 0.1) is 12.1 Å². The molecule has 0 bridgehead atoms. The molecule has 0 saturated carbocycles. The molecule has 1 aliphatic rings. The smallest absolute Gasteiger partial charge is 0.239 e. The summed E-state index contributed by atoms with van der Waals surface area (Å²) in [6.07, 6.45) is 1.80. The second-order valence-corrected chi connectivity index (χ2v) is 7.33. The van der Waals surface area contributed by atoms with Crippen molar-refractivity contribution in [3.63, 3.8) is 0 Å². The first-order valence-corrected chi connectivity index (χ1v) is 8.74. The molecule has 1 heterocycles. The van der Waals surface area contributed by atoms with Crippen molar-refractivity contribution >= 4 is 29.9 Å². The van der Waals surface area contributed by atoms with Crippen molar-refractivity contribution in [2.75, 3.05) is 13.1 Å². The first kappa shape index (κ1) is 21.2. The number of nitrogens with two attached hydrogens (primary N) is 1. The summed E-state index contributed by atoms with van der Waals surface area (Å²) in [5, 5.41) is 11.2. The summed E-state index contributed by atoms with van der Waals surface area (Å²) in [5.41, 5.74) is 6.88. The third-order valence-electron chi connectivity index (χ3n) is 4.55. The number of hydrogen-bond donors (Lipinski definition) is 2. The van der Waals surface area contributed by atoms with E-state index in [1.807, 2.05) is 17.0 Å². The van der Waals surface area contributed by atoms with Gasteiger partial charge in [0.1, 0.15) is 0 Å². The van der Waals surface area contributed by atoms with E-state index in [0.29, 0.717) is 30.5 Å². The average Bonchev–Trinajstić information content (AvgIpc) is 2.53. The van der Waals surface area contributed by atoms with Gasteiger partial charge in [0, 0.05) is 18.1 Å². The van der Waals surface area contributed by atoms with Crippen molar-refractivity contribution in [2.24, 2.45) is 17.6 Å². The predicted octanol–water partition coefficient (Wildman–Crippen LogP) is 3.41. The predicted molar refractivity (Wildman–Crippen MR) is 100 cm³/mol. The Kier molecular flexibility index (Phi) is 8.51. The minimum atomic E-state index is -0.506. The van der Waals surface area contributed by atoms with Crippen LogP contribution in [0.25, 0.3) is 0 Å². The van der Waals surface area contributed by atoms with E-state index in [1.54, 1.807) is 12.1 Å². The Hall–Kier alpha value is -0.810. The molecule has 4 nitrogen and oxygen atoms in total. The number of aliphatic hydroxyl groups excluding tert-OH is 1. The molecule has 1 fully saturated rings. The van der Waals surface area contributed by atoms with E-state index in [-0.39, 0.29) is 24.2 Å². The molecule has 2 rings (SSSR count). The molecule has 1 amide bonds. The molecule has 3 N–H and O–H groups in total. The lowest BCUT2D eigenvalue weighted by Crippen LogP contribution is -2.48. The van der Waals surface area contributed by atoms with E-state index in [2.05, 4.69) is 13.8 Å². The maximum atomic E-state index is 12.3. The molecule has 6 heteroatoms. The van der Waals surface area contributed by atoms with E-state index in [4.69, 9.17) is 17.3 Å². The number of nitrogens with zero attached hydrogens (tertiary/aromatic N) is 1. The first-order chi connectivity index (χ1) is 10.9. The Morgan fingerprint density at radius 1 is 1.29 bits per heavy atom. The van der Waals surface area contributed by atoms with Crippen molar-refractivity contribution in [3.05, 3.63) is 34.9 Å². The maximum absolute atomic E-state index is 12.3. The fourth-order valence-corrected chi connectivity index (χ4v) is 3.34. The van der Waals surface area contributed by atoms with E-state index >= 15 is 0 Å². The SMILES string of the molecule is CC(C)CC(N)C(=O)N1CCC(C(O)c2ccc(Cl)cc2)CC1.Cl. The summed E-state index contributed by atoms with van der Waals surface area (Å²) in [4.78, 5) is 14.2. The van der Waals surface area contributed by atoms with Crippen LogP contribution in [0.1, 0.15) is 44.8 Å². The topological polar surface area (TPSA) is 66.6 Å². The fraction of sp³-hybridized carbons (Fsp3) is 0.611. The molecule has 1 aromatic rings. The lowest BCUT2D eigenvalue weighted by molar-refractivity contribution is -0.135. The standard InChI is InChI=1S/C18H27ClN2O2.ClH/c1-12(2)11-16(20)18(23)21-9-7-14(8-10-21)17(22)13-3-5-15(19)6-4-13;/h3-6,12,14,16-17,22H,7-11,20H2,1-2H3;1H. The highest BCUT2D eigenvalue weighted by Gasteiger charge is 2.30. The zero-order chi connectivity index (χ0) is 17.0. The number of piperidine rings is 1. The highest BCUT2D eigenvalue weighted by atomic mass is 35.5. The van der Waals surface area contributed by atoms with Gasteiger partial charge in [-0.1, -0.05) is 37.6 Å². The number of aliphatic hydroxyl groups is 1. The number of hydrogen-bond acceptors (Lipinski definition) is 3. The Morgan fingerprint density at radius 2 is 1.83 bits per heavy atom. The summed E-state index contributed by atoms with van der Waals surface area (Å²) in [7, 11) is 0. The third kappa shape index (κ3) is 5.62. The summed E-state index contributed by atoms with van der Waals surface area (Å²) in [5.74, 6) is 0.623. The zero-order valence-corrected chi connectivity index (χ0v) is 15.9. The zero-order valence-electron chi connectivity index (χ0n) is 14.3. The van der Waals surface area contributed by atoms with Crippen LogP contribution >= 0.6 is 24.0 Å². The maximum Gasteiger partial charge on any atom is 0.239 e.